The van der Waals surface area contributed by atoms with E-state index >= 15 is 0 Å². The molecule has 22 heavy (non-hydrogen) atoms. The van der Waals surface area contributed by atoms with Crippen molar-refractivity contribution in [3.8, 4) is 11.1 Å². The van der Waals surface area contributed by atoms with Crippen LogP contribution in [0.15, 0.2) is 72.9 Å². The van der Waals surface area contributed by atoms with E-state index in [1.165, 1.54) is 27.9 Å². The summed E-state index contributed by atoms with van der Waals surface area (Å²) in [5.74, 6) is 0. The Balaban J connectivity index is 0.00000176. The highest BCUT2D eigenvalue weighted by Gasteiger charge is 2.12. The van der Waals surface area contributed by atoms with Crippen molar-refractivity contribution in [1.29, 1.82) is 0 Å². The molecule has 0 aliphatic rings. The molecule has 0 saturated heterocycles. The standard InChI is InChI=1S/C20H20N.BrH/c1-16-14-21(15-18-9-5-3-6-10-18)17(2)13-20(16)19-11-7-4-8-12-19;/h3-14H,15H2,1-2H3;1H/q+1;/p-1. The van der Waals surface area contributed by atoms with Crippen molar-refractivity contribution in [3.63, 3.8) is 0 Å². The van der Waals surface area contributed by atoms with Crippen LogP contribution in [0.3, 0.4) is 0 Å². The highest BCUT2D eigenvalue weighted by Crippen LogP contribution is 2.22. The molecule has 2 aromatic carbocycles. The van der Waals surface area contributed by atoms with E-state index < -0.39 is 0 Å². The molecule has 0 aliphatic heterocycles. The highest BCUT2D eigenvalue weighted by atomic mass is 79.9. The predicted octanol–water partition coefficient (Wildman–Crippen LogP) is 1.31. The summed E-state index contributed by atoms with van der Waals surface area (Å²) in [5.41, 5.74) is 6.52. The van der Waals surface area contributed by atoms with Crippen molar-refractivity contribution in [3.05, 3.63) is 89.7 Å². The van der Waals surface area contributed by atoms with E-state index in [-0.39, 0.29) is 17.0 Å². The van der Waals surface area contributed by atoms with Gasteiger partial charge in [-0.1, -0.05) is 60.7 Å². The Morgan fingerprint density at radius 2 is 1.41 bits per heavy atom. The van der Waals surface area contributed by atoms with Gasteiger partial charge in [-0.05, 0) is 18.1 Å². The minimum Gasteiger partial charge on any atom is -1.00 e. The third-order valence-corrected chi connectivity index (χ3v) is 3.86. The number of benzene rings is 2. The highest BCUT2D eigenvalue weighted by molar-refractivity contribution is 5.66. The SMILES string of the molecule is Cc1c[n+](Cc2ccccc2)c(C)cc1-c1ccccc1.[Br-]. The van der Waals surface area contributed by atoms with Crippen LogP contribution in [0.2, 0.25) is 0 Å². The molecule has 0 amide bonds. The lowest BCUT2D eigenvalue weighted by atomic mass is 10.0. The molecule has 112 valence electrons. The summed E-state index contributed by atoms with van der Waals surface area (Å²) in [6, 6.07) is 23.5. The summed E-state index contributed by atoms with van der Waals surface area (Å²) >= 11 is 0. The van der Waals surface area contributed by atoms with E-state index in [0.717, 1.165) is 6.54 Å². The number of hydrogen-bond donors (Lipinski definition) is 0. The molecular formula is C20H20BrN. The molecule has 0 radical (unpaired) electrons. The fourth-order valence-electron chi connectivity index (χ4n) is 2.69. The minimum atomic E-state index is 0. The van der Waals surface area contributed by atoms with Crippen molar-refractivity contribution in [2.75, 3.05) is 0 Å². The van der Waals surface area contributed by atoms with Crippen molar-refractivity contribution >= 4 is 0 Å². The molecule has 3 aromatic rings. The summed E-state index contributed by atoms with van der Waals surface area (Å²) < 4.78 is 2.32. The van der Waals surface area contributed by atoms with Gasteiger partial charge >= 0.3 is 0 Å². The molecule has 0 aliphatic carbocycles. The quantitative estimate of drug-likeness (QED) is 0.625. The number of aryl methyl sites for hydroxylation is 2. The normalized spacial score (nSPS) is 10.1. The molecule has 0 unspecified atom stereocenters. The molecule has 1 heterocycles. The average Bonchev–Trinajstić information content (AvgIpc) is 2.52. The van der Waals surface area contributed by atoms with E-state index in [1.807, 2.05) is 0 Å². The molecule has 0 bridgehead atoms. The first kappa shape index (κ1) is 16.4. The van der Waals surface area contributed by atoms with Crippen LogP contribution in [0.1, 0.15) is 16.8 Å². The monoisotopic (exact) mass is 353 g/mol. The largest absolute Gasteiger partial charge is 1.00 e. The third kappa shape index (κ3) is 3.63. The van der Waals surface area contributed by atoms with Crippen molar-refractivity contribution < 1.29 is 21.5 Å². The average molecular weight is 354 g/mol. The second-order valence-electron chi connectivity index (χ2n) is 5.49. The van der Waals surface area contributed by atoms with E-state index in [4.69, 9.17) is 0 Å². The minimum absolute atomic E-state index is 0. The zero-order chi connectivity index (χ0) is 14.7. The molecule has 1 nitrogen and oxygen atoms in total. The summed E-state index contributed by atoms with van der Waals surface area (Å²) in [4.78, 5) is 0. The smallest absolute Gasteiger partial charge is 0.179 e. The van der Waals surface area contributed by atoms with Gasteiger partial charge in [-0.15, -0.1) is 0 Å². The molecule has 1 aromatic heterocycles. The Bertz CT molecular complexity index is 736. The van der Waals surface area contributed by atoms with Gasteiger partial charge in [-0.25, -0.2) is 0 Å². The van der Waals surface area contributed by atoms with Crippen LogP contribution in [0, 0.1) is 13.8 Å². The predicted molar refractivity (Wildman–Crippen MR) is 87.1 cm³/mol. The summed E-state index contributed by atoms with van der Waals surface area (Å²) in [6.45, 7) is 5.28. The number of hydrogen-bond acceptors (Lipinski definition) is 0. The first-order chi connectivity index (χ1) is 10.2. The lowest BCUT2D eigenvalue weighted by Crippen LogP contribution is -3.00. The molecule has 2 heteroatoms. The van der Waals surface area contributed by atoms with Crippen molar-refractivity contribution in [2.24, 2.45) is 0 Å². The van der Waals surface area contributed by atoms with Crippen LogP contribution >= 0.6 is 0 Å². The van der Waals surface area contributed by atoms with Gasteiger partial charge in [0.1, 0.15) is 0 Å². The van der Waals surface area contributed by atoms with Crippen LogP contribution in [0.5, 0.6) is 0 Å². The van der Waals surface area contributed by atoms with Gasteiger partial charge in [-0.2, -0.15) is 4.57 Å². The molecule has 0 N–H and O–H groups in total. The van der Waals surface area contributed by atoms with E-state index in [2.05, 4.69) is 91.3 Å². The Labute approximate surface area is 143 Å². The van der Waals surface area contributed by atoms with Crippen LogP contribution < -0.4 is 21.5 Å². The first-order valence-corrected chi connectivity index (χ1v) is 7.34. The maximum Gasteiger partial charge on any atom is 0.179 e. The second kappa shape index (κ2) is 7.37. The summed E-state index contributed by atoms with van der Waals surface area (Å²) in [6.07, 6.45) is 2.25. The van der Waals surface area contributed by atoms with Crippen LogP contribution in [-0.4, -0.2) is 0 Å². The van der Waals surface area contributed by atoms with Gasteiger partial charge in [0.25, 0.3) is 0 Å². The van der Waals surface area contributed by atoms with Gasteiger partial charge in [0.15, 0.2) is 18.4 Å². The topological polar surface area (TPSA) is 3.88 Å². The number of halogens is 1. The molecule has 0 saturated carbocycles. The van der Waals surface area contributed by atoms with E-state index in [1.54, 1.807) is 0 Å². The van der Waals surface area contributed by atoms with Crippen molar-refractivity contribution in [2.45, 2.75) is 20.4 Å². The molecule has 0 atom stereocenters. The van der Waals surface area contributed by atoms with E-state index in [0.29, 0.717) is 0 Å². The fraction of sp³-hybridized carbons (Fsp3) is 0.150. The zero-order valence-corrected chi connectivity index (χ0v) is 14.5. The Kier molecular flexibility index (Phi) is 5.51. The number of pyridine rings is 1. The zero-order valence-electron chi connectivity index (χ0n) is 13.0. The van der Waals surface area contributed by atoms with E-state index in [9.17, 15) is 0 Å². The Morgan fingerprint density at radius 3 is 2.05 bits per heavy atom. The van der Waals surface area contributed by atoms with Gasteiger partial charge in [0, 0.05) is 24.1 Å². The van der Waals surface area contributed by atoms with Gasteiger partial charge in [0.05, 0.1) is 0 Å². The summed E-state index contributed by atoms with van der Waals surface area (Å²) in [7, 11) is 0. The fourth-order valence-corrected chi connectivity index (χ4v) is 2.69. The van der Waals surface area contributed by atoms with Gasteiger partial charge in [0.2, 0.25) is 0 Å². The Morgan fingerprint density at radius 1 is 0.818 bits per heavy atom. The molecule has 3 rings (SSSR count). The second-order valence-corrected chi connectivity index (χ2v) is 5.49. The van der Waals surface area contributed by atoms with Crippen LogP contribution in [0.4, 0.5) is 0 Å². The number of aromatic nitrogens is 1. The van der Waals surface area contributed by atoms with Crippen LogP contribution in [-0.2, 0) is 6.54 Å². The van der Waals surface area contributed by atoms with Crippen LogP contribution in [0.25, 0.3) is 11.1 Å². The van der Waals surface area contributed by atoms with Crippen molar-refractivity contribution in [1.82, 2.24) is 0 Å². The number of nitrogens with zero attached hydrogens (tertiary/aromatic N) is 1. The molecule has 0 spiro atoms. The summed E-state index contributed by atoms with van der Waals surface area (Å²) in [5, 5.41) is 0. The Hall–Kier alpha value is -1.93. The molecular weight excluding hydrogens is 334 g/mol. The third-order valence-electron chi connectivity index (χ3n) is 3.86. The lowest BCUT2D eigenvalue weighted by Gasteiger charge is -2.08. The maximum absolute atomic E-state index is 2.32. The molecule has 0 fully saturated rings. The maximum atomic E-state index is 2.32. The number of rotatable bonds is 3. The lowest BCUT2D eigenvalue weighted by molar-refractivity contribution is -0.694. The first-order valence-electron chi connectivity index (χ1n) is 7.34. The van der Waals surface area contributed by atoms with Gasteiger partial charge in [-0.3, -0.25) is 0 Å². The van der Waals surface area contributed by atoms with Gasteiger partial charge < -0.3 is 17.0 Å².